The summed E-state index contributed by atoms with van der Waals surface area (Å²) in [4.78, 5) is 1.26. The summed E-state index contributed by atoms with van der Waals surface area (Å²) >= 11 is 5.18. The van der Waals surface area contributed by atoms with Crippen molar-refractivity contribution in [3.8, 4) is 0 Å². The number of thioether (sulfide) groups is 1. The third-order valence-electron chi connectivity index (χ3n) is 2.06. The zero-order valence-electron chi connectivity index (χ0n) is 8.64. The van der Waals surface area contributed by atoms with Gasteiger partial charge >= 0.3 is 0 Å². The Balaban J connectivity index is 2.00. The Hall–Kier alpha value is -0.990. The van der Waals surface area contributed by atoms with Crippen molar-refractivity contribution in [1.82, 2.24) is 0 Å². The number of rotatable bonds is 3. The fourth-order valence-electron chi connectivity index (χ4n) is 1.30. The van der Waals surface area contributed by atoms with Gasteiger partial charge in [-0.1, -0.05) is 58.0 Å². The van der Waals surface area contributed by atoms with Gasteiger partial charge in [0.1, 0.15) is 0 Å². The normalized spacial score (nSPS) is 10.8. The summed E-state index contributed by atoms with van der Waals surface area (Å²) in [5.41, 5.74) is 1.21. The lowest BCUT2D eigenvalue weighted by molar-refractivity contribution is 1.47. The van der Waals surface area contributed by atoms with Crippen molar-refractivity contribution in [2.75, 3.05) is 0 Å². The van der Waals surface area contributed by atoms with Crippen LogP contribution in [-0.4, -0.2) is 0 Å². The van der Waals surface area contributed by atoms with Gasteiger partial charge in [-0.15, -0.1) is 0 Å². The first kappa shape index (κ1) is 11.5. The van der Waals surface area contributed by atoms with Gasteiger partial charge in [-0.25, -0.2) is 0 Å². The van der Waals surface area contributed by atoms with Crippen LogP contribution in [-0.2, 0) is 0 Å². The van der Waals surface area contributed by atoms with Crippen molar-refractivity contribution in [2.24, 2.45) is 0 Å². The first-order valence-corrected chi connectivity index (χ1v) is 6.66. The maximum absolute atomic E-state index is 3.46. The predicted octanol–water partition coefficient (Wildman–Crippen LogP) is 5.21. The van der Waals surface area contributed by atoms with E-state index in [-0.39, 0.29) is 0 Å². The van der Waals surface area contributed by atoms with Crippen LogP contribution in [0.15, 0.2) is 69.4 Å². The zero-order chi connectivity index (χ0) is 11.2. The minimum atomic E-state index is 1.11. The maximum atomic E-state index is 3.46. The average Bonchev–Trinajstić information content (AvgIpc) is 2.30. The van der Waals surface area contributed by atoms with Crippen LogP contribution in [0.25, 0.3) is 6.08 Å². The molecule has 2 rings (SSSR count). The second-order valence-electron chi connectivity index (χ2n) is 3.29. The monoisotopic (exact) mass is 290 g/mol. The number of benzene rings is 2. The van der Waals surface area contributed by atoms with Crippen molar-refractivity contribution < 1.29 is 0 Å². The van der Waals surface area contributed by atoms with E-state index < -0.39 is 0 Å². The van der Waals surface area contributed by atoms with Gasteiger partial charge in [0.2, 0.25) is 0 Å². The van der Waals surface area contributed by atoms with E-state index in [1.54, 1.807) is 11.8 Å². The Morgan fingerprint density at radius 1 is 0.938 bits per heavy atom. The van der Waals surface area contributed by atoms with E-state index in [9.17, 15) is 0 Å². The molecule has 0 saturated carbocycles. The van der Waals surface area contributed by atoms with Gasteiger partial charge in [-0.3, -0.25) is 0 Å². The Labute approximate surface area is 109 Å². The Morgan fingerprint density at radius 3 is 2.50 bits per heavy atom. The molecule has 0 aromatic heterocycles. The van der Waals surface area contributed by atoms with E-state index in [0.29, 0.717) is 0 Å². The summed E-state index contributed by atoms with van der Waals surface area (Å²) in [5, 5.41) is 2.11. The summed E-state index contributed by atoms with van der Waals surface area (Å²) in [6.45, 7) is 0. The Bertz CT molecular complexity index is 477. The highest BCUT2D eigenvalue weighted by molar-refractivity contribution is 9.10. The van der Waals surface area contributed by atoms with Gasteiger partial charge in [0.25, 0.3) is 0 Å². The molecule has 16 heavy (non-hydrogen) atoms. The molecule has 2 aromatic carbocycles. The van der Waals surface area contributed by atoms with E-state index in [2.05, 4.69) is 63.8 Å². The Kier molecular flexibility index (Phi) is 4.25. The molecule has 0 fully saturated rings. The Morgan fingerprint density at radius 2 is 1.75 bits per heavy atom. The highest BCUT2D eigenvalue weighted by atomic mass is 79.9. The zero-order valence-corrected chi connectivity index (χ0v) is 11.0. The van der Waals surface area contributed by atoms with Gasteiger partial charge in [-0.2, -0.15) is 0 Å². The first-order chi connectivity index (χ1) is 7.84. The molecule has 0 N–H and O–H groups in total. The molecular weight excluding hydrogens is 280 g/mol. The summed E-state index contributed by atoms with van der Waals surface area (Å²) < 4.78 is 1.11. The van der Waals surface area contributed by atoms with Crippen LogP contribution in [0.4, 0.5) is 0 Å². The molecule has 0 amide bonds. The third kappa shape index (κ3) is 3.54. The molecule has 2 aromatic rings. The van der Waals surface area contributed by atoms with Crippen LogP contribution in [0.2, 0.25) is 0 Å². The van der Waals surface area contributed by atoms with Crippen molar-refractivity contribution in [2.45, 2.75) is 4.90 Å². The molecular formula is C14H11BrS. The lowest BCUT2D eigenvalue weighted by Gasteiger charge is -1.95. The standard InChI is InChI=1S/C14H11BrS/c15-13-6-4-5-12(11-13)9-10-16-14-7-2-1-3-8-14/h1-11H/b10-9+. The van der Waals surface area contributed by atoms with E-state index >= 15 is 0 Å². The molecule has 0 heterocycles. The third-order valence-corrected chi connectivity index (χ3v) is 3.37. The average molecular weight is 291 g/mol. The van der Waals surface area contributed by atoms with Crippen molar-refractivity contribution in [3.63, 3.8) is 0 Å². The molecule has 0 aliphatic heterocycles. The fraction of sp³-hybridized carbons (Fsp3) is 0. The van der Waals surface area contributed by atoms with Crippen LogP contribution >= 0.6 is 27.7 Å². The van der Waals surface area contributed by atoms with Gasteiger partial charge in [0.05, 0.1) is 0 Å². The summed E-state index contributed by atoms with van der Waals surface area (Å²) in [6.07, 6.45) is 2.11. The van der Waals surface area contributed by atoms with Crippen LogP contribution < -0.4 is 0 Å². The molecule has 0 aliphatic carbocycles. The van der Waals surface area contributed by atoms with E-state index in [1.807, 2.05) is 18.2 Å². The molecule has 2 heteroatoms. The minimum absolute atomic E-state index is 1.11. The molecule has 0 saturated heterocycles. The fourth-order valence-corrected chi connectivity index (χ4v) is 2.41. The largest absolute Gasteiger partial charge is 0.0981 e. The van der Waals surface area contributed by atoms with Crippen LogP contribution in [0, 0.1) is 0 Å². The number of hydrogen-bond acceptors (Lipinski definition) is 1. The van der Waals surface area contributed by atoms with Gasteiger partial charge in [0, 0.05) is 9.37 Å². The van der Waals surface area contributed by atoms with Crippen molar-refractivity contribution in [3.05, 3.63) is 70.0 Å². The van der Waals surface area contributed by atoms with E-state index in [0.717, 1.165) is 4.47 Å². The van der Waals surface area contributed by atoms with E-state index in [4.69, 9.17) is 0 Å². The quantitative estimate of drug-likeness (QED) is 0.699. The van der Waals surface area contributed by atoms with Gasteiger partial charge in [-0.05, 0) is 41.3 Å². The number of hydrogen-bond donors (Lipinski definition) is 0. The smallest absolute Gasteiger partial charge is 0.0181 e. The SMILES string of the molecule is Brc1cccc(/C=C/Sc2ccccc2)c1. The van der Waals surface area contributed by atoms with Crippen molar-refractivity contribution in [1.29, 1.82) is 0 Å². The maximum Gasteiger partial charge on any atom is 0.0181 e. The predicted molar refractivity (Wildman–Crippen MR) is 75.5 cm³/mol. The van der Waals surface area contributed by atoms with Gasteiger partial charge in [0.15, 0.2) is 0 Å². The molecule has 0 atom stereocenters. The molecule has 0 bridgehead atoms. The lowest BCUT2D eigenvalue weighted by Crippen LogP contribution is -1.70. The number of halogens is 1. The van der Waals surface area contributed by atoms with Crippen LogP contribution in [0.3, 0.4) is 0 Å². The topological polar surface area (TPSA) is 0 Å². The highest BCUT2D eigenvalue weighted by Crippen LogP contribution is 2.20. The molecule has 0 radical (unpaired) electrons. The first-order valence-electron chi connectivity index (χ1n) is 4.98. The van der Waals surface area contributed by atoms with Crippen LogP contribution in [0.1, 0.15) is 5.56 Å². The summed E-state index contributed by atoms with van der Waals surface area (Å²) in [6, 6.07) is 18.6. The van der Waals surface area contributed by atoms with Crippen LogP contribution in [0.5, 0.6) is 0 Å². The molecule has 0 nitrogen and oxygen atoms in total. The van der Waals surface area contributed by atoms with E-state index in [1.165, 1.54) is 10.5 Å². The molecule has 0 spiro atoms. The minimum Gasteiger partial charge on any atom is -0.0981 e. The lowest BCUT2D eigenvalue weighted by atomic mass is 10.2. The second-order valence-corrected chi connectivity index (χ2v) is 5.18. The summed E-state index contributed by atoms with van der Waals surface area (Å²) in [5.74, 6) is 0. The molecule has 80 valence electrons. The van der Waals surface area contributed by atoms with Crippen molar-refractivity contribution >= 4 is 33.8 Å². The highest BCUT2D eigenvalue weighted by Gasteiger charge is 1.89. The van der Waals surface area contributed by atoms with Gasteiger partial charge < -0.3 is 0 Å². The molecule has 0 unspecified atom stereocenters. The second kappa shape index (κ2) is 5.92. The molecule has 0 aliphatic rings. The summed E-state index contributed by atoms with van der Waals surface area (Å²) in [7, 11) is 0.